The van der Waals surface area contributed by atoms with Crippen molar-refractivity contribution in [2.24, 2.45) is 23.7 Å². The van der Waals surface area contributed by atoms with Gasteiger partial charge in [0.25, 0.3) is 8.32 Å². The summed E-state index contributed by atoms with van der Waals surface area (Å²) >= 11 is 0. The first kappa shape index (κ1) is 33.9. The van der Waals surface area contributed by atoms with E-state index in [0.29, 0.717) is 13.2 Å². The van der Waals surface area contributed by atoms with Crippen LogP contribution in [-0.2, 0) is 25.3 Å². The molecule has 0 unspecified atom stereocenters. The Morgan fingerprint density at radius 2 is 1.50 bits per heavy atom. The first-order chi connectivity index (χ1) is 22.1. The van der Waals surface area contributed by atoms with Gasteiger partial charge in [0.2, 0.25) is 0 Å². The van der Waals surface area contributed by atoms with Gasteiger partial charge in [-0.15, -0.1) is 0 Å². The van der Waals surface area contributed by atoms with Gasteiger partial charge in [0.15, 0.2) is 0 Å². The van der Waals surface area contributed by atoms with Gasteiger partial charge in [-0.1, -0.05) is 112 Å². The van der Waals surface area contributed by atoms with Crippen LogP contribution in [0.25, 0.3) is 0 Å². The van der Waals surface area contributed by atoms with E-state index in [-0.39, 0.29) is 40.8 Å². The molecule has 0 heterocycles. The maximum Gasteiger partial charge on any atom is 0.309 e. The fourth-order valence-electron chi connectivity index (χ4n) is 7.89. The van der Waals surface area contributed by atoms with Crippen LogP contribution in [0, 0.1) is 23.7 Å². The van der Waals surface area contributed by atoms with Gasteiger partial charge < -0.3 is 18.6 Å². The van der Waals surface area contributed by atoms with E-state index in [1.807, 2.05) is 24.3 Å². The number of hydrogen-bond donors (Lipinski definition) is 0. The monoisotopic (exact) mass is 638 g/mol. The minimum Gasteiger partial charge on any atom is -0.497 e. The lowest BCUT2D eigenvalue weighted by molar-refractivity contribution is -0.150. The zero-order valence-electron chi connectivity index (χ0n) is 28.3. The van der Waals surface area contributed by atoms with Crippen molar-refractivity contribution in [3.05, 3.63) is 114 Å². The topological polar surface area (TPSA) is 54.0 Å². The molecule has 1 saturated carbocycles. The van der Waals surface area contributed by atoms with Crippen LogP contribution in [0.3, 0.4) is 0 Å². The lowest BCUT2D eigenvalue weighted by Crippen LogP contribution is -2.68. The van der Waals surface area contributed by atoms with Gasteiger partial charge in [0, 0.05) is 12.5 Å². The molecule has 0 radical (unpaired) electrons. The van der Waals surface area contributed by atoms with Crippen LogP contribution in [0.15, 0.2) is 109 Å². The molecule has 244 valence electrons. The van der Waals surface area contributed by atoms with Crippen molar-refractivity contribution < 1.29 is 23.4 Å². The minimum atomic E-state index is -2.81. The number of rotatable bonds is 11. The summed E-state index contributed by atoms with van der Waals surface area (Å²) in [5.41, 5.74) is 3.35. The predicted octanol–water partition coefficient (Wildman–Crippen LogP) is 7.49. The van der Waals surface area contributed by atoms with Crippen molar-refractivity contribution in [3.63, 3.8) is 0 Å². The van der Waals surface area contributed by atoms with Crippen molar-refractivity contribution >= 4 is 24.7 Å². The normalized spacial score (nSPS) is 23.3. The van der Waals surface area contributed by atoms with Gasteiger partial charge in [-0.05, 0) is 76.7 Å². The van der Waals surface area contributed by atoms with Crippen LogP contribution in [0.1, 0.15) is 52.5 Å². The molecular formula is C40H50O5Si. The van der Waals surface area contributed by atoms with Crippen LogP contribution in [0.5, 0.6) is 5.75 Å². The van der Waals surface area contributed by atoms with Crippen molar-refractivity contribution in [1.82, 2.24) is 0 Å². The fourth-order valence-corrected chi connectivity index (χ4v) is 12.6. The summed E-state index contributed by atoms with van der Waals surface area (Å²) in [5, 5.41) is 2.35. The first-order valence-corrected chi connectivity index (χ1v) is 18.5. The Bertz CT molecular complexity index is 1450. The van der Waals surface area contributed by atoms with Crippen LogP contribution < -0.4 is 15.1 Å². The number of benzene rings is 3. The molecule has 0 bridgehead atoms. The van der Waals surface area contributed by atoms with Gasteiger partial charge in [0.1, 0.15) is 5.75 Å². The van der Waals surface area contributed by atoms with Crippen molar-refractivity contribution in [2.45, 2.75) is 64.7 Å². The van der Waals surface area contributed by atoms with Crippen molar-refractivity contribution in [1.29, 1.82) is 0 Å². The number of hydrogen-bond acceptors (Lipinski definition) is 5. The van der Waals surface area contributed by atoms with E-state index >= 15 is 0 Å². The first-order valence-electron chi connectivity index (χ1n) is 16.5. The van der Waals surface area contributed by atoms with E-state index in [2.05, 4.69) is 94.4 Å². The fraction of sp³-hybridized carbons (Fsp3) is 0.425. The van der Waals surface area contributed by atoms with Crippen LogP contribution in [0.4, 0.5) is 0 Å². The molecule has 2 aliphatic carbocycles. The lowest BCUT2D eigenvalue weighted by Gasteiger charge is -2.50. The lowest BCUT2D eigenvalue weighted by atomic mass is 9.60. The van der Waals surface area contributed by atoms with Crippen molar-refractivity contribution in [2.75, 3.05) is 20.8 Å². The molecule has 5 nitrogen and oxygen atoms in total. The summed E-state index contributed by atoms with van der Waals surface area (Å²) in [6, 6.07) is 29.4. The van der Waals surface area contributed by atoms with Crippen molar-refractivity contribution in [3.8, 4) is 5.75 Å². The molecule has 3 aromatic carbocycles. The number of fused-ring (bicyclic) bond motifs is 1. The Morgan fingerprint density at radius 3 is 2.04 bits per heavy atom. The molecule has 3 aromatic rings. The predicted molar refractivity (Wildman–Crippen MR) is 188 cm³/mol. The molecule has 1 fully saturated rings. The highest BCUT2D eigenvalue weighted by Gasteiger charge is 2.54. The zero-order valence-corrected chi connectivity index (χ0v) is 29.3. The molecule has 5 atom stereocenters. The summed E-state index contributed by atoms with van der Waals surface area (Å²) in [5.74, 6) is 0.504. The second-order valence-electron chi connectivity index (χ2n) is 13.9. The Labute approximate surface area is 276 Å². The summed E-state index contributed by atoms with van der Waals surface area (Å²) in [4.78, 5) is 13.7. The van der Waals surface area contributed by atoms with Gasteiger partial charge >= 0.3 is 5.97 Å². The molecule has 0 aliphatic heterocycles. The highest BCUT2D eigenvalue weighted by atomic mass is 28.4. The van der Waals surface area contributed by atoms with Gasteiger partial charge in [-0.25, -0.2) is 0 Å². The number of carbonyl (C=O) groups is 1. The van der Waals surface area contributed by atoms with Gasteiger partial charge in [-0.3, -0.25) is 4.79 Å². The highest BCUT2D eigenvalue weighted by Crippen LogP contribution is 2.51. The molecule has 0 saturated heterocycles. The highest BCUT2D eigenvalue weighted by molar-refractivity contribution is 6.99. The smallest absolute Gasteiger partial charge is 0.309 e. The summed E-state index contributed by atoms with van der Waals surface area (Å²) in [6.45, 7) is 14.9. The third-order valence-corrected chi connectivity index (χ3v) is 15.2. The Morgan fingerprint density at radius 1 is 0.891 bits per heavy atom. The molecule has 0 spiro atoms. The van der Waals surface area contributed by atoms with E-state index in [1.165, 1.54) is 23.1 Å². The second-order valence-corrected chi connectivity index (χ2v) is 18.1. The molecule has 0 amide bonds. The molecule has 0 aromatic heterocycles. The summed E-state index contributed by atoms with van der Waals surface area (Å²) < 4.78 is 24.5. The number of carbonyl (C=O) groups excluding carboxylic acids is 1. The second kappa shape index (κ2) is 14.5. The number of allylic oxidation sites excluding steroid dienone is 2. The molecule has 46 heavy (non-hydrogen) atoms. The number of ether oxygens (including phenoxy) is 3. The number of methoxy groups -OCH3 is 2. The van der Waals surface area contributed by atoms with Crippen LogP contribution in [-0.4, -0.2) is 41.2 Å². The minimum absolute atomic E-state index is 0.00734. The Kier molecular flexibility index (Phi) is 10.7. The Hall–Kier alpha value is -3.45. The van der Waals surface area contributed by atoms with E-state index in [4.69, 9.17) is 25.2 Å². The maximum atomic E-state index is 13.7. The molecular weight excluding hydrogens is 589 g/mol. The molecule has 6 heteroatoms. The van der Waals surface area contributed by atoms with Crippen LogP contribution >= 0.6 is 0 Å². The maximum absolute atomic E-state index is 13.7. The van der Waals surface area contributed by atoms with E-state index in [9.17, 15) is 4.79 Å². The average molecular weight is 639 g/mol. The molecule has 2 aliphatic rings. The van der Waals surface area contributed by atoms with E-state index in [0.717, 1.165) is 36.1 Å². The third kappa shape index (κ3) is 6.80. The van der Waals surface area contributed by atoms with E-state index in [1.54, 1.807) is 7.11 Å². The largest absolute Gasteiger partial charge is 0.497 e. The molecule has 0 N–H and O–H groups in total. The Balaban J connectivity index is 1.42. The SMILES string of the molecule is C=C1[C@@H]2[C@@H](C(=O)OC)[C@H](CCOCc3ccc(OC)cc3)C(C)=C[C@@H]2CC[C@H]1O[Si](c1ccccc1)(c1ccccc1)C(C)(C)C. The zero-order chi connectivity index (χ0) is 32.9. The van der Waals surface area contributed by atoms with E-state index < -0.39 is 8.32 Å². The summed E-state index contributed by atoms with van der Waals surface area (Å²) in [7, 11) is 0.362. The standard InChI is InChI=1S/C40H50O5Si/c1-28-26-31-20-23-36(45-46(40(3,4)5,33-14-10-8-11-15-33)34-16-12-9-13-17-34)29(2)37(31)38(39(41)43-7)35(28)24-25-44-27-30-18-21-32(42-6)22-19-30/h8-19,21-22,26,31,35-38H,2,20,23-25,27H2,1,3-7H3/t31-,35+,36+,37-,38-/m0/s1. The van der Waals surface area contributed by atoms with Gasteiger partial charge in [-0.2, -0.15) is 0 Å². The summed E-state index contributed by atoms with van der Waals surface area (Å²) in [6.07, 6.45) is 4.77. The van der Waals surface area contributed by atoms with Gasteiger partial charge in [0.05, 0.1) is 32.8 Å². The van der Waals surface area contributed by atoms with Crippen LogP contribution in [0.2, 0.25) is 5.04 Å². The average Bonchev–Trinajstić information content (AvgIpc) is 3.06. The third-order valence-electron chi connectivity index (χ3n) is 10.2. The number of esters is 1. The molecule has 5 rings (SSSR count). The quantitative estimate of drug-likeness (QED) is 0.0943.